The molecular weight excluding hydrogens is 293 g/mol. The average molecular weight is 314 g/mol. The third-order valence-electron chi connectivity index (χ3n) is 3.79. The van der Waals surface area contributed by atoms with E-state index in [4.69, 9.17) is 0 Å². The van der Waals surface area contributed by atoms with Gasteiger partial charge in [0.1, 0.15) is 5.82 Å². The molecular formula is C15H21BrFN. The summed E-state index contributed by atoms with van der Waals surface area (Å²) in [4.78, 5) is 0. The Hall–Kier alpha value is -0.410. The molecule has 0 saturated heterocycles. The number of nitrogens with one attached hydrogen (secondary N) is 1. The third-order valence-corrected chi connectivity index (χ3v) is 4.40. The van der Waals surface area contributed by atoms with Crippen LogP contribution in [-0.4, -0.2) is 6.54 Å². The van der Waals surface area contributed by atoms with Crippen molar-refractivity contribution in [3.8, 4) is 0 Å². The fourth-order valence-electron chi connectivity index (χ4n) is 2.49. The summed E-state index contributed by atoms with van der Waals surface area (Å²) < 4.78 is 14.7. The summed E-state index contributed by atoms with van der Waals surface area (Å²) >= 11 is 3.28. The van der Waals surface area contributed by atoms with Crippen molar-refractivity contribution in [2.45, 2.75) is 45.1 Å². The van der Waals surface area contributed by atoms with Crippen molar-refractivity contribution in [1.82, 2.24) is 5.32 Å². The van der Waals surface area contributed by atoms with Crippen LogP contribution in [0.4, 0.5) is 4.39 Å². The molecule has 1 fully saturated rings. The number of benzene rings is 1. The zero-order chi connectivity index (χ0) is 13.0. The fraction of sp³-hybridized carbons (Fsp3) is 0.600. The molecule has 1 unspecified atom stereocenters. The minimum absolute atomic E-state index is 0.106. The van der Waals surface area contributed by atoms with Crippen molar-refractivity contribution in [3.05, 3.63) is 34.1 Å². The smallest absolute Gasteiger partial charge is 0.142 e. The van der Waals surface area contributed by atoms with Crippen LogP contribution in [0.25, 0.3) is 0 Å². The van der Waals surface area contributed by atoms with E-state index >= 15 is 0 Å². The molecule has 1 N–H and O–H groups in total. The molecule has 1 atom stereocenters. The van der Waals surface area contributed by atoms with E-state index in [1.165, 1.54) is 19.3 Å². The van der Waals surface area contributed by atoms with Gasteiger partial charge in [0.15, 0.2) is 0 Å². The Bertz CT molecular complexity index is 390. The SMILES string of the molecule is CCCNC(CC1CCC1)c1cccc(Br)c1F. The van der Waals surface area contributed by atoms with Crippen molar-refractivity contribution in [2.24, 2.45) is 5.92 Å². The number of halogens is 2. The summed E-state index contributed by atoms with van der Waals surface area (Å²) in [6.07, 6.45) is 6.09. The lowest BCUT2D eigenvalue weighted by molar-refractivity contribution is 0.259. The van der Waals surface area contributed by atoms with Crippen molar-refractivity contribution in [2.75, 3.05) is 6.54 Å². The molecule has 100 valence electrons. The summed E-state index contributed by atoms with van der Waals surface area (Å²) in [5.41, 5.74) is 0.810. The van der Waals surface area contributed by atoms with Crippen molar-refractivity contribution >= 4 is 15.9 Å². The second kappa shape index (κ2) is 6.67. The van der Waals surface area contributed by atoms with Gasteiger partial charge >= 0.3 is 0 Å². The highest BCUT2D eigenvalue weighted by molar-refractivity contribution is 9.10. The molecule has 0 aliphatic heterocycles. The molecule has 3 heteroatoms. The highest BCUT2D eigenvalue weighted by Gasteiger charge is 2.24. The maximum absolute atomic E-state index is 14.2. The van der Waals surface area contributed by atoms with Gasteiger partial charge in [0.2, 0.25) is 0 Å². The molecule has 0 amide bonds. The zero-order valence-electron chi connectivity index (χ0n) is 10.9. The first-order valence-corrected chi connectivity index (χ1v) is 7.69. The maximum Gasteiger partial charge on any atom is 0.142 e. The van der Waals surface area contributed by atoms with Crippen LogP contribution in [0.5, 0.6) is 0 Å². The van der Waals surface area contributed by atoms with E-state index in [2.05, 4.69) is 28.2 Å². The van der Waals surface area contributed by atoms with E-state index in [0.717, 1.165) is 30.9 Å². The second-order valence-electron chi connectivity index (χ2n) is 5.18. The Morgan fingerprint density at radius 3 is 2.83 bits per heavy atom. The van der Waals surface area contributed by atoms with E-state index in [1.54, 1.807) is 6.07 Å². The standard InChI is InChI=1S/C15H21BrFN/c1-2-9-18-14(10-11-5-3-6-11)12-7-4-8-13(16)15(12)17/h4,7-8,11,14,18H,2-3,5-6,9-10H2,1H3. The molecule has 0 radical (unpaired) electrons. The van der Waals surface area contributed by atoms with Gasteiger partial charge in [-0.1, -0.05) is 38.3 Å². The van der Waals surface area contributed by atoms with Crippen LogP contribution < -0.4 is 5.32 Å². The Balaban J connectivity index is 2.12. The van der Waals surface area contributed by atoms with Crippen LogP contribution in [0.3, 0.4) is 0 Å². The van der Waals surface area contributed by atoms with Crippen LogP contribution in [-0.2, 0) is 0 Å². The van der Waals surface area contributed by atoms with Gasteiger partial charge in [-0.25, -0.2) is 4.39 Å². The average Bonchev–Trinajstić information content (AvgIpc) is 2.31. The fourth-order valence-corrected chi connectivity index (χ4v) is 2.87. The summed E-state index contributed by atoms with van der Waals surface area (Å²) in [6, 6.07) is 5.75. The van der Waals surface area contributed by atoms with Gasteiger partial charge in [0.05, 0.1) is 4.47 Å². The molecule has 1 aliphatic carbocycles. The Kier molecular flexibility index (Phi) is 5.19. The summed E-state index contributed by atoms with van der Waals surface area (Å²) in [5.74, 6) is 0.670. The predicted molar refractivity (Wildman–Crippen MR) is 77.1 cm³/mol. The largest absolute Gasteiger partial charge is 0.310 e. The highest BCUT2D eigenvalue weighted by Crippen LogP contribution is 2.36. The lowest BCUT2D eigenvalue weighted by Gasteiger charge is -2.30. The normalized spacial score (nSPS) is 17.5. The molecule has 0 spiro atoms. The Morgan fingerprint density at radius 1 is 1.44 bits per heavy atom. The third kappa shape index (κ3) is 3.33. The first kappa shape index (κ1) is 14.0. The molecule has 1 nitrogen and oxygen atoms in total. The van der Waals surface area contributed by atoms with Crippen LogP contribution in [0.15, 0.2) is 22.7 Å². The lowest BCUT2D eigenvalue weighted by atomic mass is 9.79. The van der Waals surface area contributed by atoms with Gasteiger partial charge < -0.3 is 5.32 Å². The zero-order valence-corrected chi connectivity index (χ0v) is 12.5. The van der Waals surface area contributed by atoms with Crippen LogP contribution in [0, 0.1) is 11.7 Å². The monoisotopic (exact) mass is 313 g/mol. The van der Waals surface area contributed by atoms with E-state index in [9.17, 15) is 4.39 Å². The molecule has 0 heterocycles. The van der Waals surface area contributed by atoms with Crippen molar-refractivity contribution < 1.29 is 4.39 Å². The number of hydrogen-bond donors (Lipinski definition) is 1. The van der Waals surface area contributed by atoms with E-state index in [1.807, 2.05) is 12.1 Å². The molecule has 1 saturated carbocycles. The van der Waals surface area contributed by atoms with Gasteiger partial charge in [0.25, 0.3) is 0 Å². The number of rotatable bonds is 6. The Morgan fingerprint density at radius 2 is 2.22 bits per heavy atom. The number of hydrogen-bond acceptors (Lipinski definition) is 1. The topological polar surface area (TPSA) is 12.0 Å². The highest BCUT2D eigenvalue weighted by atomic mass is 79.9. The van der Waals surface area contributed by atoms with Crippen molar-refractivity contribution in [3.63, 3.8) is 0 Å². The van der Waals surface area contributed by atoms with Crippen LogP contribution in [0.1, 0.15) is 50.6 Å². The first-order chi connectivity index (χ1) is 8.72. The van der Waals surface area contributed by atoms with Crippen LogP contribution in [0.2, 0.25) is 0 Å². The molecule has 0 bridgehead atoms. The predicted octanol–water partition coefficient (Wildman–Crippen LogP) is 4.82. The van der Waals surface area contributed by atoms with E-state index in [-0.39, 0.29) is 11.9 Å². The van der Waals surface area contributed by atoms with Gasteiger partial charge in [-0.05, 0) is 47.3 Å². The maximum atomic E-state index is 14.2. The molecule has 18 heavy (non-hydrogen) atoms. The van der Waals surface area contributed by atoms with Gasteiger partial charge in [-0.3, -0.25) is 0 Å². The summed E-state index contributed by atoms with van der Waals surface area (Å²) in [6.45, 7) is 3.09. The van der Waals surface area contributed by atoms with Gasteiger partial charge in [-0.15, -0.1) is 0 Å². The van der Waals surface area contributed by atoms with E-state index in [0.29, 0.717) is 4.47 Å². The van der Waals surface area contributed by atoms with E-state index < -0.39 is 0 Å². The summed E-state index contributed by atoms with van der Waals surface area (Å²) in [5, 5.41) is 3.49. The Labute approximate surface area is 117 Å². The summed E-state index contributed by atoms with van der Waals surface area (Å²) in [7, 11) is 0. The van der Waals surface area contributed by atoms with Gasteiger partial charge in [0, 0.05) is 11.6 Å². The minimum Gasteiger partial charge on any atom is -0.310 e. The molecule has 2 rings (SSSR count). The molecule has 1 aromatic rings. The quantitative estimate of drug-likeness (QED) is 0.794. The molecule has 1 aromatic carbocycles. The van der Waals surface area contributed by atoms with Crippen LogP contribution >= 0.6 is 15.9 Å². The van der Waals surface area contributed by atoms with Crippen molar-refractivity contribution in [1.29, 1.82) is 0 Å². The first-order valence-electron chi connectivity index (χ1n) is 6.89. The molecule has 1 aliphatic rings. The van der Waals surface area contributed by atoms with Gasteiger partial charge in [-0.2, -0.15) is 0 Å². The lowest BCUT2D eigenvalue weighted by Crippen LogP contribution is -2.27. The minimum atomic E-state index is -0.106. The second-order valence-corrected chi connectivity index (χ2v) is 6.04. The molecule has 0 aromatic heterocycles.